The summed E-state index contributed by atoms with van der Waals surface area (Å²) in [6, 6.07) is 0. The van der Waals surface area contributed by atoms with Crippen molar-refractivity contribution in [3.05, 3.63) is 0 Å². The average molecular weight is 264 g/mol. The molecule has 0 aromatic rings. The Morgan fingerprint density at radius 2 is 1.24 bits per heavy atom. The zero-order valence-electron chi connectivity index (χ0n) is 11.9. The van der Waals surface area contributed by atoms with Gasteiger partial charge in [-0.2, -0.15) is 0 Å². The molecule has 0 aliphatic rings. The maximum absolute atomic E-state index is 5.76. The lowest BCUT2D eigenvalue weighted by atomic mass is 10.6. The highest BCUT2D eigenvalue weighted by atomic mass is 28.4. The third-order valence-electron chi connectivity index (χ3n) is 2.38. The van der Waals surface area contributed by atoms with E-state index in [0.717, 1.165) is 13.1 Å². The molecule has 0 fully saturated rings. The van der Waals surface area contributed by atoms with Crippen LogP contribution in [-0.2, 0) is 13.3 Å². The second-order valence-corrected chi connectivity index (χ2v) is 6.07. The molecule has 0 radical (unpaired) electrons. The van der Waals surface area contributed by atoms with Crippen LogP contribution in [0.4, 0.5) is 0 Å². The van der Waals surface area contributed by atoms with Gasteiger partial charge in [0.2, 0.25) is 0 Å². The number of rotatable bonds is 11. The minimum absolute atomic E-state index is 0.617. The Morgan fingerprint density at radius 1 is 0.824 bits per heavy atom. The first kappa shape index (κ1) is 17.0. The topological polar surface area (TPSA) is 43.0 Å². The van der Waals surface area contributed by atoms with Crippen molar-refractivity contribution in [3.8, 4) is 0 Å². The molecule has 0 aliphatic carbocycles. The van der Waals surface area contributed by atoms with Gasteiger partial charge in [-0.05, 0) is 20.8 Å². The maximum atomic E-state index is 5.76. The van der Waals surface area contributed by atoms with Crippen molar-refractivity contribution < 1.29 is 13.3 Å². The SMILES string of the molecule is CCO[Si](CNN(CC)CC)(OCC)OCC. The molecular weight excluding hydrogens is 236 g/mol. The Morgan fingerprint density at radius 3 is 1.53 bits per heavy atom. The highest BCUT2D eigenvalue weighted by molar-refractivity contribution is 6.60. The van der Waals surface area contributed by atoms with E-state index >= 15 is 0 Å². The molecule has 0 saturated heterocycles. The van der Waals surface area contributed by atoms with Crippen molar-refractivity contribution >= 4 is 8.80 Å². The summed E-state index contributed by atoms with van der Waals surface area (Å²) in [6.45, 7) is 13.9. The number of hydrogen-bond acceptors (Lipinski definition) is 5. The zero-order chi connectivity index (χ0) is 13.1. The smallest absolute Gasteiger partial charge is 0.373 e. The lowest BCUT2D eigenvalue weighted by Gasteiger charge is -2.31. The van der Waals surface area contributed by atoms with Gasteiger partial charge in [0.1, 0.15) is 0 Å². The van der Waals surface area contributed by atoms with E-state index in [1.807, 2.05) is 20.8 Å². The van der Waals surface area contributed by atoms with Gasteiger partial charge in [-0.15, -0.1) is 0 Å². The van der Waals surface area contributed by atoms with Crippen LogP contribution in [0.15, 0.2) is 0 Å². The zero-order valence-corrected chi connectivity index (χ0v) is 12.9. The predicted molar refractivity (Wildman–Crippen MR) is 71.6 cm³/mol. The second-order valence-electron chi connectivity index (χ2n) is 3.49. The Balaban J connectivity index is 4.41. The molecule has 0 rings (SSSR count). The molecule has 0 spiro atoms. The van der Waals surface area contributed by atoms with Crippen LogP contribution < -0.4 is 5.43 Å². The van der Waals surface area contributed by atoms with Crippen LogP contribution in [0, 0.1) is 0 Å². The highest BCUT2D eigenvalue weighted by Gasteiger charge is 2.40. The maximum Gasteiger partial charge on any atom is 0.516 e. The average Bonchev–Trinajstić information content (AvgIpc) is 2.31. The molecule has 6 heteroatoms. The second kappa shape index (κ2) is 9.99. The molecule has 5 nitrogen and oxygen atoms in total. The molecule has 0 bridgehead atoms. The molecule has 0 saturated carbocycles. The van der Waals surface area contributed by atoms with E-state index in [9.17, 15) is 0 Å². The van der Waals surface area contributed by atoms with Gasteiger partial charge in [0, 0.05) is 32.9 Å². The fraction of sp³-hybridized carbons (Fsp3) is 1.00. The highest BCUT2D eigenvalue weighted by Crippen LogP contribution is 2.09. The van der Waals surface area contributed by atoms with Gasteiger partial charge in [-0.25, -0.2) is 5.01 Å². The summed E-state index contributed by atoms with van der Waals surface area (Å²) in [6.07, 6.45) is 0.629. The predicted octanol–water partition coefficient (Wildman–Crippen LogP) is 1.42. The van der Waals surface area contributed by atoms with Crippen LogP contribution in [0.5, 0.6) is 0 Å². The van der Waals surface area contributed by atoms with Gasteiger partial charge in [0.25, 0.3) is 0 Å². The molecule has 0 unspecified atom stereocenters. The van der Waals surface area contributed by atoms with Crippen molar-refractivity contribution in [1.29, 1.82) is 0 Å². The minimum Gasteiger partial charge on any atom is -0.373 e. The summed E-state index contributed by atoms with van der Waals surface area (Å²) < 4.78 is 17.3. The third kappa shape index (κ3) is 6.49. The van der Waals surface area contributed by atoms with Crippen LogP contribution in [-0.4, -0.2) is 52.9 Å². The van der Waals surface area contributed by atoms with E-state index in [1.165, 1.54) is 0 Å². The van der Waals surface area contributed by atoms with Crippen LogP contribution in [0.2, 0.25) is 0 Å². The Bertz CT molecular complexity index is 163. The van der Waals surface area contributed by atoms with Gasteiger partial charge in [-0.1, -0.05) is 13.8 Å². The van der Waals surface area contributed by atoms with Crippen LogP contribution >= 0.6 is 0 Å². The van der Waals surface area contributed by atoms with Crippen molar-refractivity contribution in [2.45, 2.75) is 34.6 Å². The summed E-state index contributed by atoms with van der Waals surface area (Å²) >= 11 is 0. The lowest BCUT2D eigenvalue weighted by Crippen LogP contribution is -2.57. The van der Waals surface area contributed by atoms with Crippen LogP contribution in [0.1, 0.15) is 34.6 Å². The summed E-state index contributed by atoms with van der Waals surface area (Å²) in [5.74, 6) is 0. The Hall–Kier alpha value is 0.0169. The number of nitrogens with one attached hydrogen (secondary N) is 1. The van der Waals surface area contributed by atoms with Crippen molar-refractivity contribution in [2.24, 2.45) is 0 Å². The molecule has 0 aliphatic heterocycles. The molecule has 0 aromatic carbocycles. The van der Waals surface area contributed by atoms with E-state index in [1.54, 1.807) is 0 Å². The first-order valence-corrected chi connectivity index (χ1v) is 8.51. The first-order valence-electron chi connectivity index (χ1n) is 6.58. The molecule has 0 heterocycles. The van der Waals surface area contributed by atoms with Crippen LogP contribution in [0.3, 0.4) is 0 Å². The van der Waals surface area contributed by atoms with Crippen molar-refractivity contribution in [3.63, 3.8) is 0 Å². The minimum atomic E-state index is -2.54. The molecule has 17 heavy (non-hydrogen) atoms. The number of hydrazine groups is 1. The van der Waals surface area contributed by atoms with Gasteiger partial charge in [-0.3, -0.25) is 5.43 Å². The number of nitrogens with zero attached hydrogens (tertiary/aromatic N) is 1. The Kier molecular flexibility index (Phi) is 10.00. The first-order chi connectivity index (χ1) is 8.17. The molecule has 0 aromatic heterocycles. The fourth-order valence-electron chi connectivity index (χ4n) is 1.59. The van der Waals surface area contributed by atoms with E-state index < -0.39 is 8.80 Å². The monoisotopic (exact) mass is 264 g/mol. The number of hydrogen-bond donors (Lipinski definition) is 1. The van der Waals surface area contributed by atoms with Gasteiger partial charge < -0.3 is 13.3 Å². The normalized spacial score (nSPS) is 12.4. The molecule has 104 valence electrons. The molecular formula is C11H28N2O3Si. The molecule has 1 N–H and O–H groups in total. The summed E-state index contributed by atoms with van der Waals surface area (Å²) in [4.78, 5) is 0. The largest absolute Gasteiger partial charge is 0.516 e. The van der Waals surface area contributed by atoms with Gasteiger partial charge in [0.15, 0.2) is 0 Å². The summed E-state index contributed by atoms with van der Waals surface area (Å²) in [5, 5.41) is 2.12. The summed E-state index contributed by atoms with van der Waals surface area (Å²) in [5.41, 5.74) is 3.33. The van der Waals surface area contributed by atoms with Gasteiger partial charge in [0.05, 0.1) is 6.17 Å². The fourth-order valence-corrected chi connectivity index (χ4v) is 3.89. The van der Waals surface area contributed by atoms with E-state index in [0.29, 0.717) is 26.0 Å². The lowest BCUT2D eigenvalue weighted by molar-refractivity contribution is 0.0612. The van der Waals surface area contributed by atoms with E-state index in [-0.39, 0.29) is 0 Å². The standard InChI is InChI=1S/C11H28N2O3Si/c1-6-13(7-2)12-11-17(14-8-3,15-9-4)16-10-5/h12H,6-11H2,1-5H3. The Labute approximate surface area is 107 Å². The van der Waals surface area contributed by atoms with Crippen molar-refractivity contribution in [1.82, 2.24) is 10.4 Å². The summed E-state index contributed by atoms with van der Waals surface area (Å²) in [7, 11) is -2.54. The molecule has 0 amide bonds. The quantitative estimate of drug-likeness (QED) is 0.452. The van der Waals surface area contributed by atoms with Crippen LogP contribution in [0.25, 0.3) is 0 Å². The van der Waals surface area contributed by atoms with E-state index in [2.05, 4.69) is 24.3 Å². The molecule has 0 atom stereocenters. The van der Waals surface area contributed by atoms with Gasteiger partial charge >= 0.3 is 8.80 Å². The third-order valence-corrected chi connectivity index (χ3v) is 5.15. The van der Waals surface area contributed by atoms with Crippen molar-refractivity contribution in [2.75, 3.05) is 39.1 Å². The van der Waals surface area contributed by atoms with E-state index in [4.69, 9.17) is 13.3 Å².